The molecule has 6 nitrogen and oxygen atoms in total. The zero-order valence-corrected chi connectivity index (χ0v) is 16.8. The molecule has 152 valence electrons. The molecule has 1 aromatic heterocycles. The van der Waals surface area contributed by atoms with Crippen molar-refractivity contribution in [1.82, 2.24) is 4.98 Å². The molecular weight excluding hydrogens is 370 g/mol. The van der Waals surface area contributed by atoms with Crippen LogP contribution in [0, 0.1) is 13.8 Å². The summed E-state index contributed by atoms with van der Waals surface area (Å²) in [5.41, 5.74) is 3.67. The first-order valence-corrected chi connectivity index (χ1v) is 9.47. The number of benzene rings is 2. The lowest BCUT2D eigenvalue weighted by Crippen LogP contribution is -2.24. The van der Waals surface area contributed by atoms with E-state index in [4.69, 9.17) is 19.0 Å². The molecule has 29 heavy (non-hydrogen) atoms. The lowest BCUT2D eigenvalue weighted by molar-refractivity contribution is -0.148. The molecule has 0 spiro atoms. The summed E-state index contributed by atoms with van der Waals surface area (Å²) in [6.45, 7) is 4.32. The number of carbonyl (C=O) groups is 1. The van der Waals surface area contributed by atoms with E-state index in [-0.39, 0.29) is 0 Å². The van der Waals surface area contributed by atoms with Gasteiger partial charge in [0.2, 0.25) is 5.89 Å². The fourth-order valence-corrected chi connectivity index (χ4v) is 3.11. The van der Waals surface area contributed by atoms with Crippen molar-refractivity contribution in [3.05, 3.63) is 71.1 Å². The van der Waals surface area contributed by atoms with Gasteiger partial charge in [0.25, 0.3) is 0 Å². The van der Waals surface area contributed by atoms with Crippen molar-refractivity contribution in [3.8, 4) is 17.2 Å². The zero-order chi connectivity index (χ0) is 20.8. The smallest absolute Gasteiger partial charge is 0.333 e. The van der Waals surface area contributed by atoms with E-state index >= 15 is 0 Å². The SMILES string of the molecule is COC(Cc1ccc(OCCc2nc(-c3ccccc3)oc2C)c(C)c1)C(=O)O. The molecule has 0 aliphatic rings. The summed E-state index contributed by atoms with van der Waals surface area (Å²) < 4.78 is 16.7. The standard InChI is InChI=1S/C23H25NO5/c1-15-13-17(14-21(27-3)23(25)26)9-10-20(15)28-12-11-19-16(2)29-22(24-19)18-7-5-4-6-8-18/h4-10,13,21H,11-12,14H2,1-3H3,(H,25,26). The Bertz CT molecular complexity index is 965. The van der Waals surface area contributed by atoms with Crippen molar-refractivity contribution in [2.75, 3.05) is 13.7 Å². The fraction of sp³-hybridized carbons (Fsp3) is 0.304. The molecule has 0 amide bonds. The van der Waals surface area contributed by atoms with Gasteiger partial charge in [-0.1, -0.05) is 30.3 Å². The van der Waals surface area contributed by atoms with Gasteiger partial charge in [0.15, 0.2) is 6.10 Å². The molecule has 0 saturated carbocycles. The number of rotatable bonds is 9. The van der Waals surface area contributed by atoms with Crippen molar-refractivity contribution >= 4 is 5.97 Å². The Morgan fingerprint density at radius 2 is 1.93 bits per heavy atom. The van der Waals surface area contributed by atoms with Gasteiger partial charge in [0.05, 0.1) is 12.3 Å². The maximum absolute atomic E-state index is 11.1. The number of carboxylic acid groups (broad SMARTS) is 1. The van der Waals surface area contributed by atoms with Crippen LogP contribution in [0.2, 0.25) is 0 Å². The molecular formula is C23H25NO5. The van der Waals surface area contributed by atoms with Crippen LogP contribution in [0.1, 0.15) is 22.6 Å². The highest BCUT2D eigenvalue weighted by Crippen LogP contribution is 2.23. The Morgan fingerprint density at radius 1 is 1.17 bits per heavy atom. The minimum atomic E-state index is -0.969. The first kappa shape index (κ1) is 20.6. The summed E-state index contributed by atoms with van der Waals surface area (Å²) in [4.78, 5) is 15.7. The molecule has 1 heterocycles. The normalized spacial score (nSPS) is 12.0. The van der Waals surface area contributed by atoms with Gasteiger partial charge >= 0.3 is 5.97 Å². The van der Waals surface area contributed by atoms with Crippen LogP contribution >= 0.6 is 0 Å². The van der Waals surface area contributed by atoms with Gasteiger partial charge in [-0.15, -0.1) is 0 Å². The fourth-order valence-electron chi connectivity index (χ4n) is 3.11. The number of hydrogen-bond acceptors (Lipinski definition) is 5. The lowest BCUT2D eigenvalue weighted by atomic mass is 10.0. The summed E-state index contributed by atoms with van der Waals surface area (Å²) >= 11 is 0. The molecule has 1 atom stereocenters. The first-order valence-electron chi connectivity index (χ1n) is 9.47. The van der Waals surface area contributed by atoms with Gasteiger partial charge in [0, 0.05) is 25.5 Å². The maximum Gasteiger partial charge on any atom is 0.333 e. The monoisotopic (exact) mass is 395 g/mol. The Balaban J connectivity index is 1.59. The summed E-state index contributed by atoms with van der Waals surface area (Å²) in [5.74, 6) is 1.20. The van der Waals surface area contributed by atoms with Gasteiger partial charge in [-0.3, -0.25) is 0 Å². The maximum atomic E-state index is 11.1. The van der Waals surface area contributed by atoms with Gasteiger partial charge < -0.3 is 19.0 Å². The zero-order valence-electron chi connectivity index (χ0n) is 16.8. The number of ether oxygens (including phenoxy) is 2. The molecule has 2 aromatic carbocycles. The molecule has 0 aliphatic heterocycles. The molecule has 0 aliphatic carbocycles. The topological polar surface area (TPSA) is 81.8 Å². The highest BCUT2D eigenvalue weighted by atomic mass is 16.5. The van der Waals surface area contributed by atoms with E-state index < -0.39 is 12.1 Å². The van der Waals surface area contributed by atoms with Crippen LogP contribution in [0.4, 0.5) is 0 Å². The highest BCUT2D eigenvalue weighted by Gasteiger charge is 2.17. The van der Waals surface area contributed by atoms with Crippen LogP contribution in [0.15, 0.2) is 52.9 Å². The number of nitrogens with zero attached hydrogens (tertiary/aromatic N) is 1. The lowest BCUT2D eigenvalue weighted by Gasteiger charge is -2.13. The van der Waals surface area contributed by atoms with Crippen molar-refractivity contribution in [2.24, 2.45) is 0 Å². The predicted molar refractivity (Wildman–Crippen MR) is 109 cm³/mol. The van der Waals surface area contributed by atoms with Crippen LogP contribution in [0.3, 0.4) is 0 Å². The van der Waals surface area contributed by atoms with Gasteiger partial charge in [-0.05, 0) is 43.2 Å². The summed E-state index contributed by atoms with van der Waals surface area (Å²) in [6, 6.07) is 15.5. The number of carboxylic acids is 1. The number of aliphatic carboxylic acids is 1. The van der Waals surface area contributed by atoms with Crippen molar-refractivity contribution in [2.45, 2.75) is 32.8 Å². The van der Waals surface area contributed by atoms with Crippen molar-refractivity contribution in [3.63, 3.8) is 0 Å². The quantitative estimate of drug-likeness (QED) is 0.584. The first-order chi connectivity index (χ1) is 14.0. The minimum Gasteiger partial charge on any atom is -0.493 e. The molecule has 1 unspecified atom stereocenters. The van der Waals surface area contributed by atoms with E-state index in [1.807, 2.05) is 62.4 Å². The third-order valence-corrected chi connectivity index (χ3v) is 4.73. The van der Waals surface area contributed by atoms with Gasteiger partial charge in [-0.2, -0.15) is 0 Å². The number of methoxy groups -OCH3 is 1. The number of oxazole rings is 1. The average molecular weight is 395 g/mol. The summed E-state index contributed by atoms with van der Waals surface area (Å²) in [6.07, 6.45) is 0.0942. The van der Waals surface area contributed by atoms with E-state index in [9.17, 15) is 4.79 Å². The summed E-state index contributed by atoms with van der Waals surface area (Å²) in [7, 11) is 1.40. The number of aromatic nitrogens is 1. The summed E-state index contributed by atoms with van der Waals surface area (Å²) in [5, 5.41) is 9.12. The molecule has 0 bridgehead atoms. The molecule has 6 heteroatoms. The second-order valence-electron chi connectivity index (χ2n) is 6.85. The molecule has 1 N–H and O–H groups in total. The second kappa shape index (κ2) is 9.39. The minimum absolute atomic E-state index is 0.313. The molecule has 3 aromatic rings. The van der Waals surface area contributed by atoms with Crippen LogP contribution in [-0.4, -0.2) is 35.9 Å². The highest BCUT2D eigenvalue weighted by molar-refractivity contribution is 5.72. The number of aryl methyl sites for hydroxylation is 2. The Morgan fingerprint density at radius 3 is 2.59 bits per heavy atom. The van der Waals surface area contributed by atoms with Crippen LogP contribution < -0.4 is 4.74 Å². The van der Waals surface area contributed by atoms with Crippen LogP contribution in [0.5, 0.6) is 5.75 Å². The van der Waals surface area contributed by atoms with Crippen LogP contribution in [0.25, 0.3) is 11.5 Å². The van der Waals surface area contributed by atoms with E-state index in [2.05, 4.69) is 4.98 Å². The Hall–Kier alpha value is -3.12. The largest absolute Gasteiger partial charge is 0.493 e. The van der Waals surface area contributed by atoms with Crippen molar-refractivity contribution < 1.29 is 23.8 Å². The third kappa shape index (κ3) is 5.23. The predicted octanol–water partition coefficient (Wildman–Crippen LogP) is 4.22. The van der Waals surface area contributed by atoms with Gasteiger partial charge in [-0.25, -0.2) is 9.78 Å². The molecule has 0 saturated heterocycles. The van der Waals surface area contributed by atoms with E-state index in [0.717, 1.165) is 33.9 Å². The van der Waals surface area contributed by atoms with Crippen molar-refractivity contribution in [1.29, 1.82) is 0 Å². The van der Waals surface area contributed by atoms with E-state index in [1.165, 1.54) is 7.11 Å². The average Bonchev–Trinajstić information content (AvgIpc) is 3.08. The molecule has 3 rings (SSSR count). The third-order valence-electron chi connectivity index (χ3n) is 4.73. The van der Waals surface area contributed by atoms with E-state index in [1.54, 1.807) is 0 Å². The Labute approximate surface area is 170 Å². The van der Waals surface area contributed by atoms with Crippen LogP contribution in [-0.2, 0) is 22.4 Å². The molecule has 0 radical (unpaired) electrons. The second-order valence-corrected chi connectivity index (χ2v) is 6.85. The molecule has 0 fully saturated rings. The Kier molecular flexibility index (Phi) is 6.67. The van der Waals surface area contributed by atoms with Gasteiger partial charge in [0.1, 0.15) is 11.5 Å². The van der Waals surface area contributed by atoms with E-state index in [0.29, 0.717) is 25.3 Å². The number of hydrogen-bond donors (Lipinski definition) is 1.